The topological polar surface area (TPSA) is 98.5 Å². The highest BCUT2D eigenvalue weighted by Crippen LogP contribution is 2.14. The molecular formula is C18H16F2N2O5. The van der Waals surface area contributed by atoms with Gasteiger partial charge in [0.05, 0.1) is 18.5 Å². The molecule has 0 saturated carbocycles. The number of methoxy groups -OCH3 is 1. The SMILES string of the molecule is COC(=O)[C@H](Cc1ccc([N+](=O)[O-])cc1)NC(=O)Cc1ccc(F)cc1F. The Morgan fingerprint density at radius 1 is 1.19 bits per heavy atom. The molecule has 1 N–H and O–H groups in total. The molecule has 1 atom stereocenters. The molecule has 2 aromatic carbocycles. The molecule has 7 nitrogen and oxygen atoms in total. The summed E-state index contributed by atoms with van der Waals surface area (Å²) in [6.45, 7) is 0. The van der Waals surface area contributed by atoms with Crippen LogP contribution in [0.15, 0.2) is 42.5 Å². The molecular weight excluding hydrogens is 362 g/mol. The number of amides is 1. The van der Waals surface area contributed by atoms with Crippen molar-refractivity contribution in [2.45, 2.75) is 18.9 Å². The number of nitro benzene ring substituents is 1. The number of benzene rings is 2. The summed E-state index contributed by atoms with van der Waals surface area (Å²) in [5.41, 5.74) is 0.432. The summed E-state index contributed by atoms with van der Waals surface area (Å²) in [5.74, 6) is -3.00. The van der Waals surface area contributed by atoms with Gasteiger partial charge in [0, 0.05) is 24.6 Å². The number of nitrogens with one attached hydrogen (secondary N) is 1. The van der Waals surface area contributed by atoms with Gasteiger partial charge in [-0.25, -0.2) is 13.6 Å². The van der Waals surface area contributed by atoms with Crippen LogP contribution in [-0.2, 0) is 27.2 Å². The Morgan fingerprint density at radius 3 is 2.41 bits per heavy atom. The molecule has 142 valence electrons. The lowest BCUT2D eigenvalue weighted by atomic mass is 10.0. The number of hydrogen-bond donors (Lipinski definition) is 1. The number of non-ortho nitro benzene ring substituents is 1. The van der Waals surface area contributed by atoms with E-state index in [1.807, 2.05) is 0 Å². The fourth-order valence-corrected chi connectivity index (χ4v) is 2.41. The first-order valence-electron chi connectivity index (χ1n) is 7.84. The fraction of sp³-hybridized carbons (Fsp3) is 0.222. The molecule has 9 heteroatoms. The Morgan fingerprint density at radius 2 is 1.85 bits per heavy atom. The summed E-state index contributed by atoms with van der Waals surface area (Å²) in [4.78, 5) is 34.2. The first kappa shape index (κ1) is 20.0. The van der Waals surface area contributed by atoms with Gasteiger partial charge in [0.25, 0.3) is 5.69 Å². The molecule has 0 bridgehead atoms. The van der Waals surface area contributed by atoms with Crippen LogP contribution in [0.5, 0.6) is 0 Å². The second-order valence-corrected chi connectivity index (χ2v) is 5.68. The van der Waals surface area contributed by atoms with Crippen LogP contribution in [0.3, 0.4) is 0 Å². The van der Waals surface area contributed by atoms with E-state index in [2.05, 4.69) is 10.1 Å². The second kappa shape index (κ2) is 8.84. The van der Waals surface area contributed by atoms with Crippen molar-refractivity contribution in [2.24, 2.45) is 0 Å². The zero-order valence-corrected chi connectivity index (χ0v) is 14.3. The van der Waals surface area contributed by atoms with Crippen molar-refractivity contribution in [3.05, 3.63) is 75.3 Å². The van der Waals surface area contributed by atoms with Crippen LogP contribution < -0.4 is 5.32 Å². The van der Waals surface area contributed by atoms with Gasteiger partial charge < -0.3 is 10.1 Å². The Labute approximate surface area is 153 Å². The van der Waals surface area contributed by atoms with Gasteiger partial charge in [0.1, 0.15) is 17.7 Å². The van der Waals surface area contributed by atoms with E-state index in [9.17, 15) is 28.5 Å². The van der Waals surface area contributed by atoms with E-state index < -0.39 is 34.5 Å². The Bertz CT molecular complexity index is 855. The first-order chi connectivity index (χ1) is 12.8. The summed E-state index contributed by atoms with van der Waals surface area (Å²) < 4.78 is 31.2. The van der Waals surface area contributed by atoms with Gasteiger partial charge >= 0.3 is 5.97 Å². The van der Waals surface area contributed by atoms with E-state index in [1.165, 1.54) is 24.3 Å². The Balaban J connectivity index is 2.08. The van der Waals surface area contributed by atoms with Crippen molar-refractivity contribution in [3.8, 4) is 0 Å². The third-order valence-electron chi connectivity index (χ3n) is 3.77. The van der Waals surface area contributed by atoms with Crippen LogP contribution in [-0.4, -0.2) is 30.0 Å². The van der Waals surface area contributed by atoms with Gasteiger partial charge in [-0.3, -0.25) is 14.9 Å². The van der Waals surface area contributed by atoms with Crippen LogP contribution in [0, 0.1) is 21.7 Å². The molecule has 0 heterocycles. The molecule has 2 aromatic rings. The third-order valence-corrected chi connectivity index (χ3v) is 3.77. The lowest BCUT2D eigenvalue weighted by Gasteiger charge is -2.17. The van der Waals surface area contributed by atoms with E-state index in [4.69, 9.17) is 0 Å². The van der Waals surface area contributed by atoms with E-state index in [0.29, 0.717) is 11.6 Å². The quantitative estimate of drug-likeness (QED) is 0.453. The maximum absolute atomic E-state index is 13.7. The standard InChI is InChI=1S/C18H16F2N2O5/c1-27-18(24)16(8-11-2-6-14(7-3-11)22(25)26)21-17(23)9-12-4-5-13(19)10-15(12)20/h2-7,10,16H,8-9H2,1H3,(H,21,23)/t16-/m0/s1. The molecule has 2 rings (SSSR count). The summed E-state index contributed by atoms with van der Waals surface area (Å²) in [6.07, 6.45) is -0.359. The van der Waals surface area contributed by atoms with E-state index in [1.54, 1.807) is 0 Å². The highest BCUT2D eigenvalue weighted by molar-refractivity contribution is 5.85. The van der Waals surface area contributed by atoms with E-state index in [0.717, 1.165) is 19.2 Å². The summed E-state index contributed by atoms with van der Waals surface area (Å²) >= 11 is 0. The van der Waals surface area contributed by atoms with E-state index in [-0.39, 0.29) is 24.1 Å². The molecule has 0 aromatic heterocycles. The molecule has 0 spiro atoms. The first-order valence-corrected chi connectivity index (χ1v) is 7.84. The summed E-state index contributed by atoms with van der Waals surface area (Å²) in [6, 6.07) is 7.25. The van der Waals surface area contributed by atoms with Gasteiger partial charge in [-0.15, -0.1) is 0 Å². The average Bonchev–Trinajstić information content (AvgIpc) is 2.63. The number of esters is 1. The Kier molecular flexibility index (Phi) is 6.53. The second-order valence-electron chi connectivity index (χ2n) is 5.68. The highest BCUT2D eigenvalue weighted by atomic mass is 19.1. The van der Waals surface area contributed by atoms with Crippen molar-refractivity contribution in [1.29, 1.82) is 0 Å². The van der Waals surface area contributed by atoms with Crippen LogP contribution in [0.1, 0.15) is 11.1 Å². The lowest BCUT2D eigenvalue weighted by Crippen LogP contribution is -2.43. The molecule has 0 aliphatic heterocycles. The number of rotatable bonds is 7. The van der Waals surface area contributed by atoms with Gasteiger partial charge in [-0.2, -0.15) is 0 Å². The third kappa shape index (κ3) is 5.56. The van der Waals surface area contributed by atoms with Crippen LogP contribution in [0.2, 0.25) is 0 Å². The number of carbonyl (C=O) groups is 2. The molecule has 0 aliphatic rings. The molecule has 27 heavy (non-hydrogen) atoms. The predicted octanol–water partition coefficient (Wildman–Crippen LogP) is 2.32. The van der Waals surface area contributed by atoms with Gasteiger partial charge in [0.15, 0.2) is 0 Å². The van der Waals surface area contributed by atoms with Crippen molar-refractivity contribution < 1.29 is 28.0 Å². The minimum Gasteiger partial charge on any atom is -0.467 e. The van der Waals surface area contributed by atoms with Crippen molar-refractivity contribution in [2.75, 3.05) is 7.11 Å². The van der Waals surface area contributed by atoms with Crippen molar-refractivity contribution >= 4 is 17.6 Å². The largest absolute Gasteiger partial charge is 0.467 e. The molecule has 0 saturated heterocycles. The van der Waals surface area contributed by atoms with Crippen molar-refractivity contribution in [3.63, 3.8) is 0 Å². The Hall–Kier alpha value is -3.36. The lowest BCUT2D eigenvalue weighted by molar-refractivity contribution is -0.384. The number of carbonyl (C=O) groups excluding carboxylic acids is 2. The minimum atomic E-state index is -1.06. The monoisotopic (exact) mass is 378 g/mol. The molecule has 0 unspecified atom stereocenters. The van der Waals surface area contributed by atoms with Gasteiger partial charge in [0.2, 0.25) is 5.91 Å². The maximum Gasteiger partial charge on any atom is 0.328 e. The number of hydrogen-bond acceptors (Lipinski definition) is 5. The van der Waals surface area contributed by atoms with E-state index >= 15 is 0 Å². The summed E-state index contributed by atoms with van der Waals surface area (Å²) in [5, 5.41) is 13.1. The number of ether oxygens (including phenoxy) is 1. The fourth-order valence-electron chi connectivity index (χ4n) is 2.41. The molecule has 0 fully saturated rings. The zero-order valence-electron chi connectivity index (χ0n) is 14.3. The number of nitro groups is 1. The number of halogens is 2. The highest BCUT2D eigenvalue weighted by Gasteiger charge is 2.23. The normalized spacial score (nSPS) is 11.5. The predicted molar refractivity (Wildman–Crippen MR) is 90.8 cm³/mol. The van der Waals surface area contributed by atoms with Crippen LogP contribution in [0.4, 0.5) is 14.5 Å². The smallest absolute Gasteiger partial charge is 0.328 e. The minimum absolute atomic E-state index is 0.0205. The summed E-state index contributed by atoms with van der Waals surface area (Å²) in [7, 11) is 1.15. The molecule has 1 amide bonds. The maximum atomic E-state index is 13.7. The zero-order chi connectivity index (χ0) is 20.0. The van der Waals surface area contributed by atoms with Gasteiger partial charge in [-0.1, -0.05) is 18.2 Å². The molecule has 0 aliphatic carbocycles. The molecule has 0 radical (unpaired) electrons. The van der Waals surface area contributed by atoms with Gasteiger partial charge in [-0.05, 0) is 17.2 Å². The number of nitrogens with zero attached hydrogens (tertiary/aromatic N) is 1. The van der Waals surface area contributed by atoms with Crippen molar-refractivity contribution in [1.82, 2.24) is 5.32 Å². The average molecular weight is 378 g/mol. The van der Waals surface area contributed by atoms with Crippen LogP contribution >= 0.6 is 0 Å². The van der Waals surface area contributed by atoms with Crippen LogP contribution in [0.25, 0.3) is 0 Å².